The van der Waals surface area contributed by atoms with Gasteiger partial charge in [-0.25, -0.2) is 0 Å². The fraction of sp³-hybridized carbons (Fsp3) is 0.333. The molecule has 2 aromatic carbocycles. The van der Waals surface area contributed by atoms with Crippen LogP contribution in [0.3, 0.4) is 0 Å². The average Bonchev–Trinajstić information content (AvgIpc) is 3.02. The molecular weight excluding hydrogens is 298 g/mol. The summed E-state index contributed by atoms with van der Waals surface area (Å²) in [6.45, 7) is 3.01. The van der Waals surface area contributed by atoms with Crippen molar-refractivity contribution >= 4 is 10.9 Å². The third-order valence-corrected chi connectivity index (χ3v) is 4.90. The van der Waals surface area contributed by atoms with Gasteiger partial charge in [-0.3, -0.25) is 0 Å². The molecular formula is C21H23NO2. The lowest BCUT2D eigenvalue weighted by atomic mass is 9.94. The number of nitrogens with one attached hydrogen (secondary N) is 1. The van der Waals surface area contributed by atoms with Gasteiger partial charge in [0.15, 0.2) is 0 Å². The van der Waals surface area contributed by atoms with Crippen LogP contribution >= 0.6 is 0 Å². The van der Waals surface area contributed by atoms with Crippen molar-refractivity contribution in [3.63, 3.8) is 0 Å². The van der Waals surface area contributed by atoms with Gasteiger partial charge in [0.1, 0.15) is 5.75 Å². The number of hydrogen-bond donors (Lipinski definition) is 1. The van der Waals surface area contributed by atoms with Crippen molar-refractivity contribution < 1.29 is 9.47 Å². The van der Waals surface area contributed by atoms with E-state index in [1.807, 2.05) is 12.1 Å². The fourth-order valence-electron chi connectivity index (χ4n) is 3.84. The third-order valence-electron chi connectivity index (χ3n) is 4.90. The predicted molar refractivity (Wildman–Crippen MR) is 97.6 cm³/mol. The number of H-pyrrole nitrogens is 1. The molecule has 1 aliphatic rings. The molecule has 1 N–H and O–H groups in total. The van der Waals surface area contributed by atoms with Gasteiger partial charge in [-0.2, -0.15) is 0 Å². The summed E-state index contributed by atoms with van der Waals surface area (Å²) in [5.74, 6) is 0.914. The zero-order chi connectivity index (χ0) is 16.5. The maximum atomic E-state index is 6.01. The molecule has 3 aromatic rings. The van der Waals surface area contributed by atoms with E-state index in [4.69, 9.17) is 9.47 Å². The highest BCUT2D eigenvalue weighted by atomic mass is 16.5. The molecule has 124 valence electrons. The highest BCUT2D eigenvalue weighted by molar-refractivity contribution is 6.00. The van der Waals surface area contributed by atoms with Crippen LogP contribution < -0.4 is 4.74 Å². The number of fused-ring (bicyclic) bond motifs is 3. The first-order valence-electron chi connectivity index (χ1n) is 8.72. The summed E-state index contributed by atoms with van der Waals surface area (Å²) in [7, 11) is 1.73. The molecule has 3 heteroatoms. The second kappa shape index (κ2) is 6.33. The summed E-state index contributed by atoms with van der Waals surface area (Å²) in [5, 5.41) is 1.32. The Morgan fingerprint density at radius 2 is 1.96 bits per heavy atom. The van der Waals surface area contributed by atoms with Crippen molar-refractivity contribution in [2.45, 2.75) is 32.3 Å². The molecule has 24 heavy (non-hydrogen) atoms. The largest absolute Gasteiger partial charge is 0.496 e. The quantitative estimate of drug-likeness (QED) is 0.711. The van der Waals surface area contributed by atoms with Gasteiger partial charge in [-0.15, -0.1) is 0 Å². The number of hydrogen-bond acceptors (Lipinski definition) is 2. The Bertz CT molecular complexity index is 865. The monoisotopic (exact) mass is 321 g/mol. The van der Waals surface area contributed by atoms with Gasteiger partial charge in [-0.1, -0.05) is 43.7 Å². The zero-order valence-electron chi connectivity index (χ0n) is 14.3. The highest BCUT2D eigenvalue weighted by Gasteiger charge is 2.26. The van der Waals surface area contributed by atoms with E-state index >= 15 is 0 Å². The topological polar surface area (TPSA) is 34.2 Å². The SMILES string of the molecule is CCCC1OCCc2c1[nH]c1cccc(-c3ccccc3OC)c21. The summed E-state index contributed by atoms with van der Waals surface area (Å²) in [6.07, 6.45) is 3.33. The van der Waals surface area contributed by atoms with Gasteiger partial charge >= 0.3 is 0 Å². The molecule has 3 nitrogen and oxygen atoms in total. The highest BCUT2D eigenvalue weighted by Crippen LogP contribution is 2.41. The summed E-state index contributed by atoms with van der Waals surface area (Å²) in [6, 6.07) is 14.7. The van der Waals surface area contributed by atoms with Crippen LogP contribution in [-0.2, 0) is 11.2 Å². The van der Waals surface area contributed by atoms with Gasteiger partial charge in [0, 0.05) is 22.2 Å². The number of benzene rings is 2. The lowest BCUT2D eigenvalue weighted by Gasteiger charge is -2.23. The second-order valence-corrected chi connectivity index (χ2v) is 6.34. The maximum absolute atomic E-state index is 6.01. The van der Waals surface area contributed by atoms with E-state index in [9.17, 15) is 0 Å². The molecule has 0 fully saturated rings. The molecule has 1 aliphatic heterocycles. The number of aromatic amines is 1. The van der Waals surface area contributed by atoms with Crippen molar-refractivity contribution in [1.82, 2.24) is 4.98 Å². The zero-order valence-corrected chi connectivity index (χ0v) is 14.3. The summed E-state index contributed by atoms with van der Waals surface area (Å²) >= 11 is 0. The number of aromatic nitrogens is 1. The number of methoxy groups -OCH3 is 1. The van der Waals surface area contributed by atoms with Crippen LogP contribution in [0.25, 0.3) is 22.0 Å². The van der Waals surface area contributed by atoms with Crippen molar-refractivity contribution in [1.29, 1.82) is 0 Å². The van der Waals surface area contributed by atoms with E-state index < -0.39 is 0 Å². The van der Waals surface area contributed by atoms with Crippen molar-refractivity contribution in [2.75, 3.05) is 13.7 Å². The van der Waals surface area contributed by atoms with E-state index in [1.165, 1.54) is 27.7 Å². The molecule has 2 heterocycles. The van der Waals surface area contributed by atoms with E-state index in [2.05, 4.69) is 42.2 Å². The predicted octanol–water partition coefficient (Wildman–Crippen LogP) is 5.26. The molecule has 0 saturated heterocycles. The van der Waals surface area contributed by atoms with Crippen LogP contribution in [0.2, 0.25) is 0 Å². The van der Waals surface area contributed by atoms with Gasteiger partial charge in [0.25, 0.3) is 0 Å². The van der Waals surface area contributed by atoms with Crippen molar-refractivity contribution in [3.8, 4) is 16.9 Å². The minimum atomic E-state index is 0.191. The Balaban J connectivity index is 1.95. The molecule has 1 aromatic heterocycles. The average molecular weight is 321 g/mol. The number of rotatable bonds is 4. The summed E-state index contributed by atoms with van der Waals surface area (Å²) < 4.78 is 11.6. The van der Waals surface area contributed by atoms with Crippen molar-refractivity contribution in [2.24, 2.45) is 0 Å². The molecule has 0 saturated carbocycles. The van der Waals surface area contributed by atoms with Gasteiger partial charge in [0.2, 0.25) is 0 Å². The standard InChI is InChI=1S/C21H23NO2/c1-3-7-19-21-16(12-13-24-19)20-15(9-6-10-17(20)22-21)14-8-4-5-11-18(14)23-2/h4-6,8-11,19,22H,3,7,12-13H2,1-2H3. The first-order valence-corrected chi connectivity index (χ1v) is 8.72. The van der Waals surface area contributed by atoms with Crippen LogP contribution in [0.5, 0.6) is 5.75 Å². The first kappa shape index (κ1) is 15.3. The molecule has 0 amide bonds. The minimum absolute atomic E-state index is 0.191. The lowest BCUT2D eigenvalue weighted by Crippen LogP contribution is -2.15. The molecule has 1 unspecified atom stereocenters. The van der Waals surface area contributed by atoms with Crippen LogP contribution in [0, 0.1) is 0 Å². The third kappa shape index (κ3) is 2.40. The Hall–Kier alpha value is -2.26. The van der Waals surface area contributed by atoms with Crippen molar-refractivity contribution in [3.05, 3.63) is 53.7 Å². The number of para-hydroxylation sites is 1. The van der Waals surface area contributed by atoms with Gasteiger partial charge in [-0.05, 0) is 36.1 Å². The number of ether oxygens (including phenoxy) is 2. The smallest absolute Gasteiger partial charge is 0.126 e. The molecule has 0 bridgehead atoms. The second-order valence-electron chi connectivity index (χ2n) is 6.34. The van der Waals surface area contributed by atoms with Gasteiger partial charge in [0.05, 0.1) is 19.8 Å². The van der Waals surface area contributed by atoms with E-state index in [0.717, 1.165) is 37.2 Å². The maximum Gasteiger partial charge on any atom is 0.126 e. The van der Waals surface area contributed by atoms with Crippen LogP contribution in [0.15, 0.2) is 42.5 Å². The molecule has 0 spiro atoms. The Morgan fingerprint density at radius 1 is 1.12 bits per heavy atom. The Labute approximate surface area is 142 Å². The van der Waals surface area contributed by atoms with Crippen LogP contribution in [0.4, 0.5) is 0 Å². The Morgan fingerprint density at radius 3 is 2.79 bits per heavy atom. The van der Waals surface area contributed by atoms with Crippen LogP contribution in [-0.4, -0.2) is 18.7 Å². The van der Waals surface area contributed by atoms with E-state index in [0.29, 0.717) is 0 Å². The summed E-state index contributed by atoms with van der Waals surface area (Å²) in [5.41, 5.74) is 6.25. The molecule has 0 aliphatic carbocycles. The normalized spacial score (nSPS) is 17.0. The molecule has 4 rings (SSSR count). The summed E-state index contributed by atoms with van der Waals surface area (Å²) in [4.78, 5) is 3.63. The minimum Gasteiger partial charge on any atom is -0.496 e. The lowest BCUT2D eigenvalue weighted by molar-refractivity contribution is 0.0339. The fourth-order valence-corrected chi connectivity index (χ4v) is 3.84. The van der Waals surface area contributed by atoms with Crippen LogP contribution in [0.1, 0.15) is 37.1 Å². The van der Waals surface area contributed by atoms with Gasteiger partial charge < -0.3 is 14.5 Å². The first-order chi connectivity index (χ1) is 11.8. The van der Waals surface area contributed by atoms with E-state index in [-0.39, 0.29) is 6.10 Å². The Kier molecular flexibility index (Phi) is 4.03. The molecule has 0 radical (unpaired) electrons. The van der Waals surface area contributed by atoms with E-state index in [1.54, 1.807) is 7.11 Å². The molecule has 1 atom stereocenters.